The summed E-state index contributed by atoms with van der Waals surface area (Å²) in [5.41, 5.74) is 1.60. The van der Waals surface area contributed by atoms with Crippen LogP contribution in [0.3, 0.4) is 0 Å². The summed E-state index contributed by atoms with van der Waals surface area (Å²) in [7, 11) is 1.62. The molecule has 0 radical (unpaired) electrons. The topological polar surface area (TPSA) is 38.3 Å². The number of nitrogens with one attached hydrogen (secondary N) is 1. The Morgan fingerprint density at radius 1 is 1.25 bits per heavy atom. The zero-order valence-electron chi connectivity index (χ0n) is 10.3. The van der Waals surface area contributed by atoms with E-state index in [1.54, 1.807) is 19.2 Å². The number of ether oxygens (including phenoxy) is 1. The maximum Gasteiger partial charge on any atom is 0.251 e. The van der Waals surface area contributed by atoms with Crippen molar-refractivity contribution in [2.24, 2.45) is 0 Å². The van der Waals surface area contributed by atoms with E-state index in [4.69, 9.17) is 4.74 Å². The van der Waals surface area contributed by atoms with Crippen molar-refractivity contribution >= 4 is 5.91 Å². The molecule has 0 bridgehead atoms. The lowest BCUT2D eigenvalue weighted by Crippen LogP contribution is -2.19. The van der Waals surface area contributed by atoms with E-state index in [1.165, 1.54) is 0 Å². The van der Waals surface area contributed by atoms with Crippen LogP contribution in [0.5, 0.6) is 0 Å². The van der Waals surface area contributed by atoms with Crippen LogP contribution in [0.4, 0.5) is 0 Å². The van der Waals surface area contributed by atoms with Crippen molar-refractivity contribution in [1.82, 2.24) is 5.32 Å². The van der Waals surface area contributed by atoms with Crippen LogP contribution in [-0.4, -0.2) is 18.6 Å². The monoisotopic (exact) mass is 221 g/mol. The van der Waals surface area contributed by atoms with Crippen molar-refractivity contribution in [2.75, 3.05) is 7.05 Å². The average Bonchev–Trinajstić information content (AvgIpc) is 2.25. The van der Waals surface area contributed by atoms with E-state index in [0.717, 1.165) is 5.56 Å². The summed E-state index contributed by atoms with van der Waals surface area (Å²) in [6.45, 7) is 6.63. The summed E-state index contributed by atoms with van der Waals surface area (Å²) in [4.78, 5) is 11.3. The third kappa shape index (κ3) is 4.03. The molecule has 0 aromatic heterocycles. The first kappa shape index (κ1) is 12.7. The summed E-state index contributed by atoms with van der Waals surface area (Å²) in [6, 6.07) is 7.44. The molecule has 0 spiro atoms. The summed E-state index contributed by atoms with van der Waals surface area (Å²) in [5.74, 6) is -0.0664. The summed E-state index contributed by atoms with van der Waals surface area (Å²) in [6.07, 6.45) is 0. The second kappa shape index (κ2) is 5.12. The molecule has 88 valence electrons. The first-order valence-corrected chi connectivity index (χ1v) is 5.37. The minimum absolute atomic E-state index is 0.0664. The lowest BCUT2D eigenvalue weighted by molar-refractivity contribution is -0.0149. The summed E-state index contributed by atoms with van der Waals surface area (Å²) in [5, 5.41) is 2.59. The van der Waals surface area contributed by atoms with E-state index in [-0.39, 0.29) is 11.5 Å². The Bertz CT molecular complexity index is 349. The molecule has 1 aromatic rings. The van der Waals surface area contributed by atoms with Gasteiger partial charge in [-0.2, -0.15) is 0 Å². The molecule has 16 heavy (non-hydrogen) atoms. The molecule has 0 aliphatic heterocycles. The van der Waals surface area contributed by atoms with Crippen LogP contribution in [0.1, 0.15) is 36.7 Å². The fourth-order valence-corrected chi connectivity index (χ4v) is 1.20. The maximum atomic E-state index is 11.3. The van der Waals surface area contributed by atoms with Gasteiger partial charge in [0.15, 0.2) is 0 Å². The number of rotatable bonds is 3. The lowest BCUT2D eigenvalue weighted by atomic mass is 10.1. The fraction of sp³-hybridized carbons (Fsp3) is 0.462. The van der Waals surface area contributed by atoms with Crippen LogP contribution in [-0.2, 0) is 11.3 Å². The molecule has 0 saturated carbocycles. The molecule has 0 unspecified atom stereocenters. The minimum atomic E-state index is -0.139. The Kier molecular flexibility index (Phi) is 4.07. The van der Waals surface area contributed by atoms with E-state index in [9.17, 15) is 4.79 Å². The van der Waals surface area contributed by atoms with Gasteiger partial charge in [0.2, 0.25) is 0 Å². The summed E-state index contributed by atoms with van der Waals surface area (Å²) >= 11 is 0. The van der Waals surface area contributed by atoms with Crippen molar-refractivity contribution < 1.29 is 9.53 Å². The highest BCUT2D eigenvalue weighted by Gasteiger charge is 2.10. The first-order valence-electron chi connectivity index (χ1n) is 5.37. The number of carbonyl (C=O) groups is 1. The van der Waals surface area contributed by atoms with Gasteiger partial charge >= 0.3 is 0 Å². The molecule has 1 amide bonds. The number of benzene rings is 1. The number of hydrogen-bond acceptors (Lipinski definition) is 2. The van der Waals surface area contributed by atoms with Crippen molar-refractivity contribution in [2.45, 2.75) is 33.0 Å². The zero-order chi connectivity index (χ0) is 12.2. The Labute approximate surface area is 96.8 Å². The molecule has 0 aliphatic carbocycles. The largest absolute Gasteiger partial charge is 0.371 e. The molecule has 3 nitrogen and oxygen atoms in total. The van der Waals surface area contributed by atoms with Crippen LogP contribution >= 0.6 is 0 Å². The van der Waals surface area contributed by atoms with Crippen molar-refractivity contribution in [3.05, 3.63) is 35.4 Å². The molecule has 0 fully saturated rings. The van der Waals surface area contributed by atoms with Gasteiger partial charge < -0.3 is 10.1 Å². The molecule has 3 heteroatoms. The first-order chi connectivity index (χ1) is 7.42. The molecule has 0 aliphatic rings. The van der Waals surface area contributed by atoms with E-state index >= 15 is 0 Å². The van der Waals surface area contributed by atoms with Crippen molar-refractivity contribution in [1.29, 1.82) is 0 Å². The second-order valence-electron chi connectivity index (χ2n) is 4.68. The van der Waals surface area contributed by atoms with Gasteiger partial charge in [-0.3, -0.25) is 4.79 Å². The standard InChI is InChI=1S/C13H19NO2/c1-13(2,3)16-9-10-5-7-11(8-6-10)12(15)14-4/h5-8H,9H2,1-4H3,(H,14,15). The molecule has 1 aromatic carbocycles. The number of hydrogen-bond donors (Lipinski definition) is 1. The van der Waals surface area contributed by atoms with Gasteiger partial charge in [0, 0.05) is 12.6 Å². The van der Waals surface area contributed by atoms with E-state index in [0.29, 0.717) is 12.2 Å². The lowest BCUT2D eigenvalue weighted by Gasteiger charge is -2.19. The molecular formula is C13H19NO2. The van der Waals surface area contributed by atoms with Gasteiger partial charge in [-0.25, -0.2) is 0 Å². The number of amides is 1. The highest BCUT2D eigenvalue weighted by Crippen LogP contribution is 2.12. The normalized spacial score (nSPS) is 11.2. The third-order valence-corrected chi connectivity index (χ3v) is 2.12. The molecule has 0 atom stereocenters. The van der Waals surface area contributed by atoms with Gasteiger partial charge in [-0.05, 0) is 38.5 Å². The van der Waals surface area contributed by atoms with Crippen LogP contribution < -0.4 is 5.32 Å². The Hall–Kier alpha value is -1.35. The zero-order valence-corrected chi connectivity index (χ0v) is 10.3. The van der Waals surface area contributed by atoms with Crippen LogP contribution in [0.2, 0.25) is 0 Å². The maximum absolute atomic E-state index is 11.3. The molecule has 1 N–H and O–H groups in total. The molecule has 0 heterocycles. The van der Waals surface area contributed by atoms with Crippen LogP contribution in [0.15, 0.2) is 24.3 Å². The van der Waals surface area contributed by atoms with Crippen LogP contribution in [0.25, 0.3) is 0 Å². The Balaban J connectivity index is 2.62. The Morgan fingerprint density at radius 2 is 1.81 bits per heavy atom. The van der Waals surface area contributed by atoms with Gasteiger partial charge in [0.25, 0.3) is 5.91 Å². The smallest absolute Gasteiger partial charge is 0.251 e. The van der Waals surface area contributed by atoms with Gasteiger partial charge in [0.1, 0.15) is 0 Å². The minimum Gasteiger partial charge on any atom is -0.371 e. The van der Waals surface area contributed by atoms with E-state index in [2.05, 4.69) is 5.32 Å². The Morgan fingerprint density at radius 3 is 2.25 bits per heavy atom. The van der Waals surface area contributed by atoms with Gasteiger partial charge in [-0.1, -0.05) is 12.1 Å². The third-order valence-electron chi connectivity index (χ3n) is 2.12. The number of carbonyl (C=O) groups excluding carboxylic acids is 1. The highest BCUT2D eigenvalue weighted by molar-refractivity contribution is 5.93. The van der Waals surface area contributed by atoms with Crippen LogP contribution in [0, 0.1) is 0 Å². The average molecular weight is 221 g/mol. The fourth-order valence-electron chi connectivity index (χ4n) is 1.20. The molecular weight excluding hydrogens is 202 g/mol. The quantitative estimate of drug-likeness (QED) is 0.851. The predicted octanol–water partition coefficient (Wildman–Crippen LogP) is 2.36. The summed E-state index contributed by atoms with van der Waals surface area (Å²) < 4.78 is 5.64. The van der Waals surface area contributed by atoms with Gasteiger partial charge in [-0.15, -0.1) is 0 Å². The molecule has 0 saturated heterocycles. The SMILES string of the molecule is CNC(=O)c1ccc(COC(C)(C)C)cc1. The van der Waals surface area contributed by atoms with Gasteiger partial charge in [0.05, 0.1) is 12.2 Å². The predicted molar refractivity (Wildman–Crippen MR) is 64.4 cm³/mol. The molecule has 1 rings (SSSR count). The van der Waals surface area contributed by atoms with Crippen molar-refractivity contribution in [3.8, 4) is 0 Å². The van der Waals surface area contributed by atoms with E-state index in [1.807, 2.05) is 32.9 Å². The van der Waals surface area contributed by atoms with Crippen molar-refractivity contribution in [3.63, 3.8) is 0 Å². The van der Waals surface area contributed by atoms with E-state index < -0.39 is 0 Å². The highest BCUT2D eigenvalue weighted by atomic mass is 16.5. The second-order valence-corrected chi connectivity index (χ2v) is 4.68.